The second-order valence-corrected chi connectivity index (χ2v) is 6.97. The predicted octanol–water partition coefficient (Wildman–Crippen LogP) is 1.73. The van der Waals surface area contributed by atoms with Gasteiger partial charge in [-0.1, -0.05) is 0 Å². The number of aromatic nitrogens is 3. The molecule has 1 fully saturated rings. The second-order valence-electron chi connectivity index (χ2n) is 6.97. The van der Waals surface area contributed by atoms with Crippen LogP contribution < -0.4 is 14.8 Å². The molecule has 9 nitrogen and oxygen atoms in total. The summed E-state index contributed by atoms with van der Waals surface area (Å²) in [7, 11) is 5.33. The van der Waals surface area contributed by atoms with Gasteiger partial charge in [0.25, 0.3) is 0 Å². The van der Waals surface area contributed by atoms with E-state index in [4.69, 9.17) is 14.5 Å². The number of nitrogens with one attached hydrogen (secondary N) is 1. The largest absolute Gasteiger partial charge is 0.497 e. The SMILES string of the molecule is CCNC(=NCc1nncn1C)N1CCN(Cc2cc(OC)ccc2OC)CC1.I. The molecule has 0 radical (unpaired) electrons. The quantitative estimate of drug-likeness (QED) is 0.333. The van der Waals surface area contributed by atoms with E-state index in [2.05, 4.69) is 38.3 Å². The molecule has 10 heteroatoms. The number of halogens is 1. The Morgan fingerprint density at radius 3 is 2.53 bits per heavy atom. The van der Waals surface area contributed by atoms with E-state index >= 15 is 0 Å². The molecular formula is C20H32IN7O2. The molecule has 1 saturated heterocycles. The predicted molar refractivity (Wildman–Crippen MR) is 128 cm³/mol. The van der Waals surface area contributed by atoms with Crippen molar-refractivity contribution < 1.29 is 9.47 Å². The number of rotatable bonds is 7. The molecule has 30 heavy (non-hydrogen) atoms. The number of hydrogen-bond donors (Lipinski definition) is 1. The van der Waals surface area contributed by atoms with E-state index in [1.165, 1.54) is 0 Å². The van der Waals surface area contributed by atoms with Gasteiger partial charge in [0.15, 0.2) is 11.8 Å². The van der Waals surface area contributed by atoms with E-state index in [0.717, 1.165) is 68.1 Å². The summed E-state index contributed by atoms with van der Waals surface area (Å²) in [5.74, 6) is 3.52. The van der Waals surface area contributed by atoms with Gasteiger partial charge in [0, 0.05) is 51.9 Å². The van der Waals surface area contributed by atoms with Gasteiger partial charge in [0.05, 0.1) is 14.2 Å². The molecule has 0 spiro atoms. The first-order chi connectivity index (χ1) is 14.1. The molecule has 2 heterocycles. The number of aliphatic imine (C=N–C) groups is 1. The molecule has 0 saturated carbocycles. The highest BCUT2D eigenvalue weighted by Crippen LogP contribution is 2.25. The number of guanidine groups is 1. The van der Waals surface area contributed by atoms with Crippen LogP contribution in [0.4, 0.5) is 0 Å². The minimum absolute atomic E-state index is 0. The highest BCUT2D eigenvalue weighted by molar-refractivity contribution is 14.0. The summed E-state index contributed by atoms with van der Waals surface area (Å²) in [5.41, 5.74) is 1.14. The summed E-state index contributed by atoms with van der Waals surface area (Å²) in [4.78, 5) is 9.49. The lowest BCUT2D eigenvalue weighted by atomic mass is 10.1. The molecule has 166 valence electrons. The topological polar surface area (TPSA) is 80.0 Å². The first-order valence-corrected chi connectivity index (χ1v) is 9.94. The van der Waals surface area contributed by atoms with Crippen molar-refractivity contribution >= 4 is 29.9 Å². The molecule has 0 unspecified atom stereocenters. The molecule has 0 atom stereocenters. The standard InChI is InChI=1S/C20H31N7O2.HI/c1-5-21-20(22-13-19-24-23-15-25(19)2)27-10-8-26(9-11-27)14-16-12-17(28-3)6-7-18(16)29-4;/h6-7,12,15H,5,8-11,13-14H2,1-4H3,(H,21,22);1H. The third-order valence-electron chi connectivity index (χ3n) is 5.06. The van der Waals surface area contributed by atoms with Gasteiger partial charge in [-0.2, -0.15) is 0 Å². The molecule has 0 bridgehead atoms. The Hall–Kier alpha value is -2.08. The lowest BCUT2D eigenvalue weighted by molar-refractivity contribution is 0.171. The third-order valence-corrected chi connectivity index (χ3v) is 5.06. The maximum absolute atomic E-state index is 5.52. The third kappa shape index (κ3) is 6.21. The first kappa shape index (κ1) is 24.2. The number of methoxy groups -OCH3 is 2. The molecule has 1 aliphatic heterocycles. The zero-order valence-electron chi connectivity index (χ0n) is 18.2. The van der Waals surface area contributed by atoms with Crippen molar-refractivity contribution in [2.24, 2.45) is 12.0 Å². The molecule has 1 aromatic heterocycles. The number of hydrogen-bond acceptors (Lipinski definition) is 6. The van der Waals surface area contributed by atoms with Crippen LogP contribution in [0.3, 0.4) is 0 Å². The molecule has 2 aromatic rings. The number of benzene rings is 1. The number of nitrogens with zero attached hydrogens (tertiary/aromatic N) is 6. The Morgan fingerprint density at radius 1 is 1.17 bits per heavy atom. The second kappa shape index (κ2) is 11.9. The summed E-state index contributed by atoms with van der Waals surface area (Å²) in [6.45, 7) is 8.00. The van der Waals surface area contributed by atoms with Crippen LogP contribution in [-0.4, -0.2) is 77.5 Å². The van der Waals surface area contributed by atoms with Gasteiger partial charge in [0.2, 0.25) is 0 Å². The fourth-order valence-corrected chi connectivity index (χ4v) is 3.39. The van der Waals surface area contributed by atoms with Crippen LogP contribution in [0.25, 0.3) is 0 Å². The van der Waals surface area contributed by atoms with Gasteiger partial charge in [-0.05, 0) is 25.1 Å². The minimum Gasteiger partial charge on any atom is -0.497 e. The smallest absolute Gasteiger partial charge is 0.194 e. The number of piperazine rings is 1. The van der Waals surface area contributed by atoms with Crippen molar-refractivity contribution in [3.63, 3.8) is 0 Å². The van der Waals surface area contributed by atoms with Crippen LogP contribution in [0.15, 0.2) is 29.5 Å². The molecule has 1 N–H and O–H groups in total. The summed E-state index contributed by atoms with van der Waals surface area (Å²) < 4.78 is 12.8. The van der Waals surface area contributed by atoms with Crippen LogP contribution in [0.5, 0.6) is 11.5 Å². The van der Waals surface area contributed by atoms with E-state index in [9.17, 15) is 0 Å². The first-order valence-electron chi connectivity index (χ1n) is 9.94. The van der Waals surface area contributed by atoms with Gasteiger partial charge in [-0.3, -0.25) is 4.90 Å². The molecule has 0 aliphatic carbocycles. The summed E-state index contributed by atoms with van der Waals surface area (Å²) in [6.07, 6.45) is 1.70. The van der Waals surface area contributed by atoms with Crippen LogP contribution in [0, 0.1) is 0 Å². The maximum atomic E-state index is 5.52. The van der Waals surface area contributed by atoms with Gasteiger partial charge >= 0.3 is 0 Å². The minimum atomic E-state index is 0. The molecule has 3 rings (SSSR count). The summed E-state index contributed by atoms with van der Waals surface area (Å²) in [5, 5.41) is 11.4. The fraction of sp³-hybridized carbons (Fsp3) is 0.550. The lowest BCUT2D eigenvalue weighted by Crippen LogP contribution is -2.52. The highest BCUT2D eigenvalue weighted by atomic mass is 127. The van der Waals surface area contributed by atoms with Crippen LogP contribution in [-0.2, 0) is 20.1 Å². The van der Waals surface area contributed by atoms with E-state index in [1.54, 1.807) is 20.5 Å². The monoisotopic (exact) mass is 529 g/mol. The Bertz CT molecular complexity index is 819. The van der Waals surface area contributed by atoms with E-state index in [-0.39, 0.29) is 24.0 Å². The van der Waals surface area contributed by atoms with Crippen molar-refractivity contribution in [3.8, 4) is 11.5 Å². The van der Waals surface area contributed by atoms with Gasteiger partial charge in [-0.25, -0.2) is 4.99 Å². The Labute approximate surface area is 195 Å². The Balaban J connectivity index is 0.00000320. The molecule has 1 aliphatic rings. The Kier molecular flexibility index (Phi) is 9.63. The Morgan fingerprint density at radius 2 is 1.93 bits per heavy atom. The van der Waals surface area contributed by atoms with Gasteiger partial charge in [0.1, 0.15) is 24.4 Å². The van der Waals surface area contributed by atoms with Crippen molar-refractivity contribution in [2.45, 2.75) is 20.0 Å². The van der Waals surface area contributed by atoms with E-state index in [1.807, 2.05) is 23.7 Å². The zero-order chi connectivity index (χ0) is 20.6. The van der Waals surface area contributed by atoms with Gasteiger partial charge < -0.3 is 24.3 Å². The van der Waals surface area contributed by atoms with E-state index in [0.29, 0.717) is 6.54 Å². The van der Waals surface area contributed by atoms with Crippen LogP contribution in [0.1, 0.15) is 18.3 Å². The average molecular weight is 529 g/mol. The molecule has 1 aromatic carbocycles. The van der Waals surface area contributed by atoms with Crippen LogP contribution >= 0.6 is 24.0 Å². The number of ether oxygens (including phenoxy) is 2. The van der Waals surface area contributed by atoms with Crippen molar-refractivity contribution in [1.82, 2.24) is 29.9 Å². The van der Waals surface area contributed by atoms with Crippen molar-refractivity contribution in [3.05, 3.63) is 35.9 Å². The zero-order valence-corrected chi connectivity index (χ0v) is 20.5. The van der Waals surface area contributed by atoms with Crippen molar-refractivity contribution in [2.75, 3.05) is 46.9 Å². The normalized spacial score (nSPS) is 14.9. The highest BCUT2D eigenvalue weighted by Gasteiger charge is 2.21. The lowest BCUT2D eigenvalue weighted by Gasteiger charge is -2.36. The van der Waals surface area contributed by atoms with Gasteiger partial charge in [-0.15, -0.1) is 34.2 Å². The molecule has 0 amide bonds. The number of aryl methyl sites for hydroxylation is 1. The van der Waals surface area contributed by atoms with Crippen LogP contribution in [0.2, 0.25) is 0 Å². The average Bonchev–Trinajstić information content (AvgIpc) is 3.16. The fourth-order valence-electron chi connectivity index (χ4n) is 3.39. The molecular weight excluding hydrogens is 497 g/mol. The maximum Gasteiger partial charge on any atom is 0.194 e. The van der Waals surface area contributed by atoms with Crippen molar-refractivity contribution in [1.29, 1.82) is 0 Å². The summed E-state index contributed by atoms with van der Waals surface area (Å²) >= 11 is 0. The summed E-state index contributed by atoms with van der Waals surface area (Å²) in [6, 6.07) is 5.95. The van der Waals surface area contributed by atoms with E-state index < -0.39 is 0 Å².